The Labute approximate surface area is 111 Å². The van der Waals surface area contributed by atoms with Gasteiger partial charge in [-0.1, -0.05) is 6.07 Å². The fraction of sp³-hybridized carbons (Fsp3) is 0.438. The molecule has 19 heavy (non-hydrogen) atoms. The third-order valence-corrected chi connectivity index (χ3v) is 3.75. The standard InChI is InChI=1S/C16H18FNO/c1-16(2,3)18-7-6-11-8-12(10-4-5-10)9-13(17)14(11)15(18)19/h6-10H,4-5H2,1-3H3. The average molecular weight is 259 g/mol. The Morgan fingerprint density at radius 3 is 2.53 bits per heavy atom. The van der Waals surface area contributed by atoms with Crippen LogP contribution in [0.2, 0.25) is 0 Å². The molecular formula is C16H18FNO. The van der Waals surface area contributed by atoms with E-state index in [1.165, 1.54) is 6.07 Å². The lowest BCUT2D eigenvalue weighted by Gasteiger charge is -2.22. The minimum Gasteiger partial charge on any atom is -0.310 e. The molecule has 1 fully saturated rings. The van der Waals surface area contributed by atoms with Crippen LogP contribution >= 0.6 is 0 Å². The molecule has 0 N–H and O–H groups in total. The van der Waals surface area contributed by atoms with E-state index in [-0.39, 0.29) is 22.3 Å². The third kappa shape index (κ3) is 2.07. The highest BCUT2D eigenvalue weighted by molar-refractivity contribution is 5.83. The van der Waals surface area contributed by atoms with Crippen LogP contribution in [-0.4, -0.2) is 4.57 Å². The molecule has 1 aliphatic rings. The first-order valence-electron chi connectivity index (χ1n) is 6.73. The summed E-state index contributed by atoms with van der Waals surface area (Å²) in [5.74, 6) is 0.104. The number of aromatic nitrogens is 1. The van der Waals surface area contributed by atoms with Gasteiger partial charge in [0.2, 0.25) is 0 Å². The van der Waals surface area contributed by atoms with Crippen LogP contribution in [0.4, 0.5) is 4.39 Å². The quantitative estimate of drug-likeness (QED) is 0.764. The zero-order chi connectivity index (χ0) is 13.8. The molecule has 0 amide bonds. The topological polar surface area (TPSA) is 22.0 Å². The second-order valence-electron chi connectivity index (χ2n) is 6.40. The van der Waals surface area contributed by atoms with Gasteiger partial charge in [0.25, 0.3) is 5.56 Å². The lowest BCUT2D eigenvalue weighted by atomic mass is 10.0. The zero-order valence-electron chi connectivity index (χ0n) is 11.5. The van der Waals surface area contributed by atoms with Crippen LogP contribution in [0.15, 0.2) is 29.2 Å². The van der Waals surface area contributed by atoms with E-state index in [0.717, 1.165) is 18.4 Å². The number of fused-ring (bicyclic) bond motifs is 1. The molecule has 0 unspecified atom stereocenters. The van der Waals surface area contributed by atoms with Gasteiger partial charge < -0.3 is 4.57 Å². The summed E-state index contributed by atoms with van der Waals surface area (Å²) in [4.78, 5) is 12.4. The van der Waals surface area contributed by atoms with Crippen molar-refractivity contribution in [2.45, 2.75) is 45.1 Å². The van der Waals surface area contributed by atoms with Crippen molar-refractivity contribution in [3.8, 4) is 0 Å². The summed E-state index contributed by atoms with van der Waals surface area (Å²) in [6.45, 7) is 5.82. The van der Waals surface area contributed by atoms with Crippen LogP contribution in [0, 0.1) is 5.82 Å². The molecule has 1 aliphatic carbocycles. The molecule has 2 nitrogen and oxygen atoms in total. The first-order chi connectivity index (χ1) is 8.88. The van der Waals surface area contributed by atoms with Crippen LogP contribution in [0.3, 0.4) is 0 Å². The maximum Gasteiger partial charge on any atom is 0.261 e. The van der Waals surface area contributed by atoms with Crippen molar-refractivity contribution >= 4 is 10.8 Å². The number of rotatable bonds is 1. The number of hydrogen-bond acceptors (Lipinski definition) is 1. The molecule has 1 saturated carbocycles. The van der Waals surface area contributed by atoms with Crippen LogP contribution < -0.4 is 5.56 Å². The van der Waals surface area contributed by atoms with E-state index in [0.29, 0.717) is 11.3 Å². The molecule has 100 valence electrons. The highest BCUT2D eigenvalue weighted by atomic mass is 19.1. The Hall–Kier alpha value is -1.64. The molecule has 0 bridgehead atoms. The minimum atomic E-state index is -0.386. The molecule has 1 heterocycles. The Balaban J connectivity index is 2.29. The number of hydrogen-bond donors (Lipinski definition) is 0. The van der Waals surface area contributed by atoms with Crippen molar-refractivity contribution in [3.05, 3.63) is 46.1 Å². The monoisotopic (exact) mass is 259 g/mol. The Kier molecular flexibility index (Phi) is 2.56. The third-order valence-electron chi connectivity index (χ3n) is 3.75. The number of halogens is 1. The second kappa shape index (κ2) is 3.92. The van der Waals surface area contributed by atoms with Gasteiger partial charge in [0, 0.05) is 11.7 Å². The van der Waals surface area contributed by atoms with Gasteiger partial charge in [-0.05, 0) is 62.6 Å². The zero-order valence-corrected chi connectivity index (χ0v) is 11.5. The van der Waals surface area contributed by atoms with Gasteiger partial charge >= 0.3 is 0 Å². The summed E-state index contributed by atoms with van der Waals surface area (Å²) < 4.78 is 15.8. The lowest BCUT2D eigenvalue weighted by molar-refractivity contribution is 0.386. The molecular weight excluding hydrogens is 241 g/mol. The Bertz CT molecular complexity index is 705. The van der Waals surface area contributed by atoms with E-state index in [9.17, 15) is 9.18 Å². The molecule has 3 rings (SSSR count). The van der Waals surface area contributed by atoms with E-state index in [4.69, 9.17) is 0 Å². The Morgan fingerprint density at radius 1 is 1.26 bits per heavy atom. The van der Waals surface area contributed by atoms with Gasteiger partial charge in [-0.15, -0.1) is 0 Å². The summed E-state index contributed by atoms with van der Waals surface area (Å²) in [6, 6.07) is 5.34. The molecule has 0 atom stereocenters. The molecule has 0 radical (unpaired) electrons. The van der Waals surface area contributed by atoms with Gasteiger partial charge in [-0.3, -0.25) is 4.79 Å². The minimum absolute atomic E-state index is 0.210. The van der Waals surface area contributed by atoms with E-state index in [1.54, 1.807) is 10.8 Å². The van der Waals surface area contributed by atoms with E-state index in [1.807, 2.05) is 32.9 Å². The molecule has 1 aromatic heterocycles. The SMILES string of the molecule is CC(C)(C)n1ccc2cc(C3CC3)cc(F)c2c1=O. The van der Waals surface area contributed by atoms with Gasteiger partial charge in [-0.25, -0.2) is 4.39 Å². The smallest absolute Gasteiger partial charge is 0.261 e. The van der Waals surface area contributed by atoms with Crippen molar-refractivity contribution in [2.75, 3.05) is 0 Å². The molecule has 0 aliphatic heterocycles. The van der Waals surface area contributed by atoms with Crippen LogP contribution in [-0.2, 0) is 5.54 Å². The maximum atomic E-state index is 14.3. The summed E-state index contributed by atoms with van der Waals surface area (Å²) >= 11 is 0. The number of benzene rings is 1. The molecule has 3 heteroatoms. The Morgan fingerprint density at radius 2 is 1.95 bits per heavy atom. The van der Waals surface area contributed by atoms with Gasteiger partial charge in [0.1, 0.15) is 5.82 Å². The summed E-state index contributed by atoms with van der Waals surface area (Å²) in [7, 11) is 0. The van der Waals surface area contributed by atoms with Gasteiger partial charge in [-0.2, -0.15) is 0 Å². The highest BCUT2D eigenvalue weighted by Gasteiger charge is 2.25. The van der Waals surface area contributed by atoms with E-state index >= 15 is 0 Å². The summed E-state index contributed by atoms with van der Waals surface area (Å²) in [5, 5.41) is 0.925. The first-order valence-corrected chi connectivity index (χ1v) is 6.73. The van der Waals surface area contributed by atoms with Crippen LogP contribution in [0.25, 0.3) is 10.8 Å². The van der Waals surface area contributed by atoms with E-state index in [2.05, 4.69) is 0 Å². The highest BCUT2D eigenvalue weighted by Crippen LogP contribution is 2.41. The molecule has 2 aromatic rings. The normalized spacial score (nSPS) is 16.0. The fourth-order valence-corrected chi connectivity index (χ4v) is 2.53. The molecule has 1 aromatic carbocycles. The lowest BCUT2D eigenvalue weighted by Crippen LogP contribution is -2.33. The summed E-state index contributed by atoms with van der Waals surface area (Å²) in [5.41, 5.74) is 0.440. The van der Waals surface area contributed by atoms with Crippen molar-refractivity contribution in [3.63, 3.8) is 0 Å². The van der Waals surface area contributed by atoms with Crippen molar-refractivity contribution < 1.29 is 4.39 Å². The maximum absolute atomic E-state index is 14.3. The predicted molar refractivity (Wildman–Crippen MR) is 75.1 cm³/mol. The van der Waals surface area contributed by atoms with E-state index < -0.39 is 0 Å². The number of pyridine rings is 1. The largest absolute Gasteiger partial charge is 0.310 e. The van der Waals surface area contributed by atoms with Crippen LogP contribution in [0.1, 0.15) is 45.1 Å². The van der Waals surface area contributed by atoms with Crippen molar-refractivity contribution in [1.82, 2.24) is 4.57 Å². The molecule has 0 spiro atoms. The first kappa shape index (κ1) is 12.4. The number of nitrogens with zero attached hydrogens (tertiary/aromatic N) is 1. The van der Waals surface area contributed by atoms with Gasteiger partial charge in [0.05, 0.1) is 5.39 Å². The van der Waals surface area contributed by atoms with Crippen molar-refractivity contribution in [2.24, 2.45) is 0 Å². The van der Waals surface area contributed by atoms with Gasteiger partial charge in [0.15, 0.2) is 0 Å². The summed E-state index contributed by atoms with van der Waals surface area (Å²) in [6.07, 6.45) is 4.02. The predicted octanol–water partition coefficient (Wildman–Crippen LogP) is 3.77. The molecule has 0 saturated heterocycles. The van der Waals surface area contributed by atoms with Crippen molar-refractivity contribution in [1.29, 1.82) is 0 Å². The average Bonchev–Trinajstić information content (AvgIpc) is 3.10. The fourth-order valence-electron chi connectivity index (χ4n) is 2.53. The van der Waals surface area contributed by atoms with Crippen LogP contribution in [0.5, 0.6) is 0 Å². The second-order valence-corrected chi connectivity index (χ2v) is 6.40.